The van der Waals surface area contributed by atoms with E-state index in [9.17, 15) is 0 Å². The Morgan fingerprint density at radius 3 is 2.83 bits per heavy atom. The summed E-state index contributed by atoms with van der Waals surface area (Å²) in [6.45, 7) is 10.9. The van der Waals surface area contributed by atoms with Gasteiger partial charge in [-0.15, -0.1) is 0 Å². The summed E-state index contributed by atoms with van der Waals surface area (Å²) < 4.78 is 5.87. The number of ether oxygens (including phenoxy) is 1. The van der Waals surface area contributed by atoms with Crippen molar-refractivity contribution in [3.63, 3.8) is 0 Å². The fraction of sp³-hybridized carbons (Fsp3) is 0.500. The molecule has 3 aliphatic rings. The minimum Gasteiger partial charge on any atom is -0.477 e. The lowest BCUT2D eigenvalue weighted by Gasteiger charge is -2.53. The number of benzene rings is 1. The average molecular weight is 581 g/mol. The van der Waals surface area contributed by atoms with Crippen molar-refractivity contribution in [2.45, 2.75) is 57.5 Å². The molecule has 1 N–H and O–H groups in total. The van der Waals surface area contributed by atoms with E-state index in [-0.39, 0.29) is 5.41 Å². The van der Waals surface area contributed by atoms with Crippen LogP contribution in [0.25, 0.3) is 11.3 Å². The maximum absolute atomic E-state index is 6.67. The van der Waals surface area contributed by atoms with E-state index in [0.717, 1.165) is 74.1 Å². The summed E-state index contributed by atoms with van der Waals surface area (Å²) in [5.41, 5.74) is 5.63. The number of halogens is 2. The first kappa shape index (κ1) is 27.8. The highest BCUT2D eigenvalue weighted by molar-refractivity contribution is 6.36. The lowest BCUT2D eigenvalue weighted by atomic mass is 9.62. The summed E-state index contributed by atoms with van der Waals surface area (Å²) in [6, 6.07) is 15.0. The van der Waals surface area contributed by atoms with Gasteiger partial charge in [-0.25, -0.2) is 4.98 Å². The van der Waals surface area contributed by atoms with Crippen molar-refractivity contribution >= 4 is 28.9 Å². The molecule has 5 heterocycles. The number of nitrogens with zero attached hydrogens (tertiary/aromatic N) is 4. The van der Waals surface area contributed by atoms with E-state index in [2.05, 4.69) is 51.3 Å². The van der Waals surface area contributed by atoms with Gasteiger partial charge in [-0.1, -0.05) is 42.6 Å². The van der Waals surface area contributed by atoms with Crippen LogP contribution in [0.3, 0.4) is 0 Å². The third-order valence-corrected chi connectivity index (χ3v) is 9.69. The number of piperidine rings is 1. The molecule has 0 amide bonds. The second kappa shape index (κ2) is 11.8. The van der Waals surface area contributed by atoms with Crippen molar-refractivity contribution in [1.29, 1.82) is 0 Å². The van der Waals surface area contributed by atoms with Gasteiger partial charge in [0.05, 0.1) is 34.3 Å². The van der Waals surface area contributed by atoms with Crippen LogP contribution >= 0.6 is 23.2 Å². The quantitative estimate of drug-likeness (QED) is 0.340. The normalized spacial score (nSPS) is 24.9. The summed E-state index contributed by atoms with van der Waals surface area (Å²) >= 11 is 12.9. The Labute approximate surface area is 248 Å². The lowest BCUT2D eigenvalue weighted by molar-refractivity contribution is 0.0968. The topological polar surface area (TPSA) is 53.5 Å². The molecule has 0 radical (unpaired) electrons. The number of nitrogens with one attached hydrogen (secondary N) is 1. The van der Waals surface area contributed by atoms with E-state index in [1.807, 2.05) is 25.1 Å². The van der Waals surface area contributed by atoms with Gasteiger partial charge in [-0.05, 0) is 80.6 Å². The maximum Gasteiger partial charge on any atom is 0.222 e. The largest absolute Gasteiger partial charge is 0.477 e. The molecular formula is C32H39Cl2N5O. The van der Waals surface area contributed by atoms with Crippen LogP contribution in [0.5, 0.6) is 5.88 Å². The predicted molar refractivity (Wildman–Crippen MR) is 164 cm³/mol. The van der Waals surface area contributed by atoms with Gasteiger partial charge in [0.2, 0.25) is 5.88 Å². The fourth-order valence-electron chi connectivity index (χ4n) is 7.28. The van der Waals surface area contributed by atoms with E-state index in [1.165, 1.54) is 24.1 Å². The Balaban J connectivity index is 1.37. The summed E-state index contributed by atoms with van der Waals surface area (Å²) in [7, 11) is 0. The van der Waals surface area contributed by atoms with Crippen LogP contribution in [0.2, 0.25) is 10.0 Å². The minimum atomic E-state index is 0.0412. The van der Waals surface area contributed by atoms with Gasteiger partial charge in [0.25, 0.3) is 0 Å². The SMILES string of the molecule is CCOc1ncccc1-c1ccc2c(n1)CN(C[C@H]1CCCN1)CC21CCN(c2ccc(Cl)cc2Cl)CC1CC. The summed E-state index contributed by atoms with van der Waals surface area (Å²) in [5, 5.41) is 5.12. The van der Waals surface area contributed by atoms with Crippen LogP contribution in [0, 0.1) is 5.92 Å². The summed E-state index contributed by atoms with van der Waals surface area (Å²) in [4.78, 5) is 15.0. The smallest absolute Gasteiger partial charge is 0.222 e. The molecule has 1 spiro atoms. The zero-order chi connectivity index (χ0) is 27.7. The molecule has 40 heavy (non-hydrogen) atoms. The Bertz CT molecular complexity index is 1350. The third kappa shape index (κ3) is 5.32. The molecule has 6 rings (SSSR count). The van der Waals surface area contributed by atoms with Crippen molar-refractivity contribution in [3.05, 3.63) is 70.0 Å². The maximum atomic E-state index is 6.67. The van der Waals surface area contributed by atoms with Gasteiger partial charge in [-0.2, -0.15) is 0 Å². The van der Waals surface area contributed by atoms with Crippen LogP contribution in [-0.4, -0.2) is 60.2 Å². The number of hydrogen-bond acceptors (Lipinski definition) is 6. The van der Waals surface area contributed by atoms with Gasteiger partial charge in [-0.3, -0.25) is 9.88 Å². The van der Waals surface area contributed by atoms with E-state index in [4.69, 9.17) is 32.9 Å². The summed E-state index contributed by atoms with van der Waals surface area (Å²) in [6.07, 6.45) is 6.44. The van der Waals surface area contributed by atoms with Crippen LogP contribution in [0.15, 0.2) is 48.7 Å². The third-order valence-electron chi connectivity index (χ3n) is 9.15. The molecule has 3 aromatic rings. The molecule has 0 aliphatic carbocycles. The van der Waals surface area contributed by atoms with Crippen LogP contribution in [-0.2, 0) is 12.0 Å². The molecule has 0 bridgehead atoms. The zero-order valence-electron chi connectivity index (χ0n) is 23.5. The Hall–Kier alpha value is -2.38. The van der Waals surface area contributed by atoms with Crippen LogP contribution < -0.4 is 15.0 Å². The van der Waals surface area contributed by atoms with Crippen LogP contribution in [0.1, 0.15) is 50.8 Å². The zero-order valence-corrected chi connectivity index (χ0v) is 25.0. The number of fused-ring (bicyclic) bond motifs is 2. The second-order valence-corrected chi connectivity index (χ2v) is 12.3. The van der Waals surface area contributed by atoms with Gasteiger partial charge in [0.1, 0.15) is 0 Å². The van der Waals surface area contributed by atoms with Gasteiger partial charge in [0, 0.05) is 55.4 Å². The van der Waals surface area contributed by atoms with E-state index >= 15 is 0 Å². The molecule has 0 saturated carbocycles. The standard InChI is InChI=1S/C32H39Cl2N5O/c1-3-22-18-39(30-12-9-23(33)17-27(30)34)16-13-32(22)21-38(19-24-7-5-14-35-24)20-29-26(32)10-11-28(37-29)25-8-6-15-36-31(25)40-4-2/h6,8-12,15,17,22,24,35H,3-5,7,13-14,16,18-21H2,1-2H3/t22?,24-,32?/m1/s1. The first-order valence-corrected chi connectivity index (χ1v) is 15.5. The molecule has 2 aromatic heterocycles. The van der Waals surface area contributed by atoms with Gasteiger partial charge < -0.3 is 15.0 Å². The Morgan fingerprint density at radius 1 is 1.15 bits per heavy atom. The average Bonchev–Trinajstić information content (AvgIpc) is 3.47. The molecule has 8 heteroatoms. The van der Waals surface area contributed by atoms with Crippen molar-refractivity contribution in [1.82, 2.24) is 20.2 Å². The number of rotatable bonds is 7. The highest BCUT2D eigenvalue weighted by Gasteiger charge is 2.48. The van der Waals surface area contributed by atoms with E-state index < -0.39 is 0 Å². The van der Waals surface area contributed by atoms with Crippen molar-refractivity contribution in [2.75, 3.05) is 44.2 Å². The number of pyridine rings is 2. The first-order chi connectivity index (χ1) is 19.5. The highest BCUT2D eigenvalue weighted by atomic mass is 35.5. The highest BCUT2D eigenvalue weighted by Crippen LogP contribution is 2.48. The molecule has 2 fully saturated rings. The Morgan fingerprint density at radius 2 is 2.05 bits per heavy atom. The van der Waals surface area contributed by atoms with E-state index in [0.29, 0.717) is 29.5 Å². The van der Waals surface area contributed by atoms with Crippen molar-refractivity contribution in [3.8, 4) is 17.1 Å². The predicted octanol–water partition coefficient (Wildman–Crippen LogP) is 6.59. The molecule has 2 unspecified atom stereocenters. The number of anilines is 1. The van der Waals surface area contributed by atoms with E-state index in [1.54, 1.807) is 6.20 Å². The monoisotopic (exact) mass is 579 g/mol. The molecule has 212 valence electrons. The van der Waals surface area contributed by atoms with Crippen LogP contribution in [0.4, 0.5) is 5.69 Å². The molecule has 2 saturated heterocycles. The molecule has 3 atom stereocenters. The number of hydrogen-bond donors (Lipinski definition) is 1. The Kier molecular flexibility index (Phi) is 8.23. The molecule has 3 aliphatic heterocycles. The second-order valence-electron chi connectivity index (χ2n) is 11.5. The first-order valence-electron chi connectivity index (χ1n) is 14.7. The molecule has 1 aromatic carbocycles. The minimum absolute atomic E-state index is 0.0412. The van der Waals surface area contributed by atoms with Crippen molar-refractivity contribution < 1.29 is 4.74 Å². The molecular weight excluding hydrogens is 541 g/mol. The fourth-order valence-corrected chi connectivity index (χ4v) is 7.81. The summed E-state index contributed by atoms with van der Waals surface area (Å²) in [5.74, 6) is 1.12. The van der Waals surface area contributed by atoms with Crippen molar-refractivity contribution in [2.24, 2.45) is 5.92 Å². The van der Waals surface area contributed by atoms with Gasteiger partial charge >= 0.3 is 0 Å². The number of aromatic nitrogens is 2. The lowest BCUT2D eigenvalue weighted by Crippen LogP contribution is -2.58. The molecule has 6 nitrogen and oxygen atoms in total. The van der Waals surface area contributed by atoms with Gasteiger partial charge in [0.15, 0.2) is 0 Å².